The number of aliphatic hydroxyl groups is 1. The van der Waals surface area contributed by atoms with Gasteiger partial charge in [-0.1, -0.05) is 13.8 Å². The number of nitrogens with two attached hydrogens (primary N) is 1. The van der Waals surface area contributed by atoms with Gasteiger partial charge in [0.2, 0.25) is 0 Å². The van der Waals surface area contributed by atoms with Gasteiger partial charge in [0, 0.05) is 6.54 Å². The molecule has 0 aliphatic carbocycles. The van der Waals surface area contributed by atoms with Crippen LogP contribution in [-0.4, -0.2) is 22.2 Å². The number of aryl methyl sites for hydroxylation is 1. The van der Waals surface area contributed by atoms with Crippen molar-refractivity contribution in [3.05, 3.63) is 17.8 Å². The number of anilines is 2. The average Bonchev–Trinajstić information content (AvgIpc) is 2.14. The lowest BCUT2D eigenvalue weighted by Crippen LogP contribution is -2.35. The predicted octanol–water partition coefficient (Wildman–Crippen LogP) is 2.18. The smallest absolute Gasteiger partial charge is 0.129 e. The topological polar surface area (TPSA) is 71.2 Å². The summed E-state index contributed by atoms with van der Waals surface area (Å²) in [7, 11) is 0. The fraction of sp³-hybridized carbons (Fsp3) is 0.615. The summed E-state index contributed by atoms with van der Waals surface area (Å²) in [6.07, 6.45) is 2.38. The summed E-state index contributed by atoms with van der Waals surface area (Å²) in [5.41, 5.74) is 6.56. The van der Waals surface area contributed by atoms with Crippen LogP contribution >= 0.6 is 0 Å². The lowest BCUT2D eigenvalue weighted by atomic mass is 9.94. The zero-order valence-corrected chi connectivity index (χ0v) is 11.1. The van der Waals surface area contributed by atoms with Gasteiger partial charge in [0.25, 0.3) is 0 Å². The predicted molar refractivity (Wildman–Crippen MR) is 72.0 cm³/mol. The molecule has 0 saturated carbocycles. The van der Waals surface area contributed by atoms with Crippen LogP contribution in [0.15, 0.2) is 12.3 Å². The average molecular weight is 237 g/mol. The lowest BCUT2D eigenvalue weighted by Gasteiger charge is -2.26. The highest BCUT2D eigenvalue weighted by molar-refractivity contribution is 5.50. The second kappa shape index (κ2) is 5.36. The van der Waals surface area contributed by atoms with E-state index < -0.39 is 5.60 Å². The Morgan fingerprint density at radius 1 is 1.53 bits per heavy atom. The van der Waals surface area contributed by atoms with E-state index in [9.17, 15) is 5.11 Å². The zero-order chi connectivity index (χ0) is 13.1. The number of nitrogens with zero attached hydrogens (tertiary/aromatic N) is 1. The maximum Gasteiger partial charge on any atom is 0.129 e. The second-order valence-electron chi connectivity index (χ2n) is 5.38. The number of pyridine rings is 1. The summed E-state index contributed by atoms with van der Waals surface area (Å²) >= 11 is 0. The highest BCUT2D eigenvalue weighted by atomic mass is 16.3. The molecule has 4 nitrogen and oxygen atoms in total. The summed E-state index contributed by atoms with van der Waals surface area (Å²) in [4.78, 5) is 4.21. The summed E-state index contributed by atoms with van der Waals surface area (Å²) in [6, 6.07) is 1.87. The van der Waals surface area contributed by atoms with Crippen molar-refractivity contribution in [2.24, 2.45) is 5.92 Å². The first kappa shape index (κ1) is 13.8. The monoisotopic (exact) mass is 237 g/mol. The number of aromatic nitrogens is 1. The van der Waals surface area contributed by atoms with E-state index in [-0.39, 0.29) is 0 Å². The van der Waals surface area contributed by atoms with Gasteiger partial charge in [-0.15, -0.1) is 0 Å². The highest BCUT2D eigenvalue weighted by Crippen LogP contribution is 2.19. The van der Waals surface area contributed by atoms with Crippen molar-refractivity contribution in [1.82, 2.24) is 4.98 Å². The van der Waals surface area contributed by atoms with Crippen LogP contribution < -0.4 is 11.1 Å². The van der Waals surface area contributed by atoms with E-state index in [4.69, 9.17) is 5.73 Å². The number of nitrogens with one attached hydrogen (secondary N) is 1. The molecule has 1 unspecified atom stereocenters. The number of hydrogen-bond acceptors (Lipinski definition) is 4. The largest absolute Gasteiger partial charge is 0.397 e. The maximum atomic E-state index is 10.2. The molecule has 1 heterocycles. The SMILES string of the molecule is Cc1cc(N)cnc1NCC(C)(O)CC(C)C. The Labute approximate surface area is 103 Å². The molecular weight excluding hydrogens is 214 g/mol. The number of hydrogen-bond donors (Lipinski definition) is 3. The molecule has 0 bridgehead atoms. The van der Waals surface area contributed by atoms with Crippen LogP contribution in [0.5, 0.6) is 0 Å². The third-order valence-corrected chi connectivity index (χ3v) is 2.58. The minimum atomic E-state index is -0.719. The van der Waals surface area contributed by atoms with Gasteiger partial charge in [0.15, 0.2) is 0 Å². The van der Waals surface area contributed by atoms with Crippen LogP contribution in [0, 0.1) is 12.8 Å². The second-order valence-corrected chi connectivity index (χ2v) is 5.38. The first-order chi connectivity index (χ1) is 7.80. The Balaban J connectivity index is 2.61. The van der Waals surface area contributed by atoms with Crippen molar-refractivity contribution in [2.45, 2.75) is 39.7 Å². The molecule has 1 rings (SSSR count). The molecule has 0 aliphatic rings. The van der Waals surface area contributed by atoms with Crippen LogP contribution in [0.1, 0.15) is 32.8 Å². The Bertz CT molecular complexity index is 375. The molecule has 0 aliphatic heterocycles. The van der Waals surface area contributed by atoms with E-state index in [0.717, 1.165) is 17.8 Å². The third kappa shape index (κ3) is 4.61. The van der Waals surface area contributed by atoms with Gasteiger partial charge < -0.3 is 16.2 Å². The van der Waals surface area contributed by atoms with Crippen LogP contribution in [0.3, 0.4) is 0 Å². The molecule has 1 atom stereocenters. The van der Waals surface area contributed by atoms with E-state index in [1.807, 2.05) is 19.9 Å². The molecule has 96 valence electrons. The Kier molecular flexibility index (Phi) is 4.34. The molecule has 0 radical (unpaired) electrons. The molecule has 0 amide bonds. The highest BCUT2D eigenvalue weighted by Gasteiger charge is 2.21. The van der Waals surface area contributed by atoms with E-state index in [1.54, 1.807) is 6.20 Å². The molecule has 0 fully saturated rings. The number of rotatable bonds is 5. The molecule has 1 aromatic heterocycles. The lowest BCUT2D eigenvalue weighted by molar-refractivity contribution is 0.0514. The standard InChI is InChI=1S/C13H23N3O/c1-9(2)6-13(4,17)8-16-12-10(3)5-11(14)7-15-12/h5,7,9,17H,6,8,14H2,1-4H3,(H,15,16). The van der Waals surface area contributed by atoms with Crippen molar-refractivity contribution in [1.29, 1.82) is 0 Å². The quantitative estimate of drug-likeness (QED) is 0.734. The molecule has 1 aromatic rings. The first-order valence-corrected chi connectivity index (χ1v) is 5.98. The summed E-state index contributed by atoms with van der Waals surface area (Å²) in [6.45, 7) is 8.47. The van der Waals surface area contributed by atoms with Gasteiger partial charge in [-0.2, -0.15) is 0 Å². The van der Waals surface area contributed by atoms with Crippen LogP contribution in [0.25, 0.3) is 0 Å². The van der Waals surface area contributed by atoms with Crippen molar-refractivity contribution in [3.8, 4) is 0 Å². The van der Waals surface area contributed by atoms with Gasteiger partial charge >= 0.3 is 0 Å². The van der Waals surface area contributed by atoms with Gasteiger partial charge in [0.1, 0.15) is 5.82 Å². The van der Waals surface area contributed by atoms with Crippen LogP contribution in [0.2, 0.25) is 0 Å². The zero-order valence-electron chi connectivity index (χ0n) is 11.1. The van der Waals surface area contributed by atoms with Crippen molar-refractivity contribution in [3.63, 3.8) is 0 Å². The van der Waals surface area contributed by atoms with Gasteiger partial charge in [-0.3, -0.25) is 0 Å². The van der Waals surface area contributed by atoms with Crippen LogP contribution in [-0.2, 0) is 0 Å². The minimum Gasteiger partial charge on any atom is -0.397 e. The van der Waals surface area contributed by atoms with Gasteiger partial charge in [-0.25, -0.2) is 4.98 Å². The summed E-state index contributed by atoms with van der Waals surface area (Å²) in [5, 5.41) is 13.3. The molecule has 0 saturated heterocycles. The van der Waals surface area contributed by atoms with Gasteiger partial charge in [0.05, 0.1) is 17.5 Å². The molecule has 0 aromatic carbocycles. The van der Waals surface area contributed by atoms with E-state index in [1.165, 1.54) is 0 Å². The van der Waals surface area contributed by atoms with Crippen molar-refractivity contribution >= 4 is 11.5 Å². The first-order valence-electron chi connectivity index (χ1n) is 5.98. The van der Waals surface area contributed by atoms with Crippen molar-refractivity contribution < 1.29 is 5.11 Å². The minimum absolute atomic E-state index is 0.465. The Morgan fingerprint density at radius 3 is 2.71 bits per heavy atom. The van der Waals surface area contributed by atoms with E-state index >= 15 is 0 Å². The fourth-order valence-corrected chi connectivity index (χ4v) is 2.01. The summed E-state index contributed by atoms with van der Waals surface area (Å²) < 4.78 is 0. The molecule has 0 spiro atoms. The maximum absolute atomic E-state index is 10.2. The summed E-state index contributed by atoms with van der Waals surface area (Å²) in [5.74, 6) is 1.25. The third-order valence-electron chi connectivity index (χ3n) is 2.58. The number of nitrogen functional groups attached to an aromatic ring is 1. The van der Waals surface area contributed by atoms with E-state index in [0.29, 0.717) is 18.2 Å². The van der Waals surface area contributed by atoms with Crippen molar-refractivity contribution in [2.75, 3.05) is 17.6 Å². The molecular formula is C13H23N3O. The van der Waals surface area contributed by atoms with E-state index in [2.05, 4.69) is 24.1 Å². The van der Waals surface area contributed by atoms with Gasteiger partial charge in [-0.05, 0) is 37.8 Å². The Morgan fingerprint density at radius 2 is 2.18 bits per heavy atom. The van der Waals surface area contributed by atoms with Crippen LogP contribution in [0.4, 0.5) is 11.5 Å². The molecule has 4 N–H and O–H groups in total. The fourth-order valence-electron chi connectivity index (χ4n) is 2.01. The normalized spacial score (nSPS) is 14.7. The Hall–Kier alpha value is -1.29. The molecule has 17 heavy (non-hydrogen) atoms. The molecule has 4 heteroatoms.